The summed E-state index contributed by atoms with van der Waals surface area (Å²) in [6.07, 6.45) is 0. The van der Waals surface area contributed by atoms with E-state index >= 15 is 0 Å². The van der Waals surface area contributed by atoms with Gasteiger partial charge >= 0.3 is 0 Å². The summed E-state index contributed by atoms with van der Waals surface area (Å²) in [4.78, 5) is 34.8. The molecule has 0 amide bonds. The summed E-state index contributed by atoms with van der Waals surface area (Å²) in [6.45, 7) is 0. The van der Waals surface area contributed by atoms with Crippen molar-refractivity contribution in [3.63, 3.8) is 0 Å². The van der Waals surface area contributed by atoms with Crippen molar-refractivity contribution in [2.75, 3.05) is 0 Å². The Hall–Kier alpha value is 1.44. The molecule has 23 heteroatoms. The number of halogens is 15. The molecule has 0 saturated heterocycles. The summed E-state index contributed by atoms with van der Waals surface area (Å²) in [7, 11) is 0. The van der Waals surface area contributed by atoms with Gasteiger partial charge < -0.3 is 4.98 Å². The van der Waals surface area contributed by atoms with E-state index in [1.807, 2.05) is 12.1 Å². The predicted octanol–water partition coefficient (Wildman–Crippen LogP) is 18.2. The number of hydrogen-bond acceptors (Lipinski definition) is 6. The van der Waals surface area contributed by atoms with Gasteiger partial charge in [0.25, 0.3) is 0 Å². The van der Waals surface area contributed by atoms with Crippen LogP contribution < -0.4 is 0 Å². The van der Waals surface area contributed by atoms with Gasteiger partial charge in [0.05, 0.1) is 16.1 Å². The number of aromatic amines is 1. The Morgan fingerprint density at radius 1 is 0.364 bits per heavy atom. The van der Waals surface area contributed by atoms with E-state index in [0.29, 0.717) is 57.0 Å². The molecule has 4 aromatic carbocycles. The lowest BCUT2D eigenvalue weighted by atomic mass is 10.1. The van der Waals surface area contributed by atoms with E-state index in [1.165, 1.54) is 0 Å². The second-order valence-electron chi connectivity index (χ2n) is 11.5. The lowest BCUT2D eigenvalue weighted by Gasteiger charge is -2.10. The van der Waals surface area contributed by atoms with Gasteiger partial charge in [-0.2, -0.15) is 0 Å². The minimum atomic E-state index is 0.395. The molecule has 5 heterocycles. The molecule has 55 heavy (non-hydrogen) atoms. The fraction of sp³-hybridized carbons (Fsp3) is 0. The Balaban J connectivity index is 1.62. The first-order valence-corrected chi connectivity index (χ1v) is 26.4. The van der Waals surface area contributed by atoms with Gasteiger partial charge in [-0.1, -0.05) is 0 Å². The number of rotatable bonds is 0. The monoisotopic (exact) mass is 1680 g/mol. The molecule has 0 aliphatic carbocycles. The summed E-state index contributed by atoms with van der Waals surface area (Å²) in [6, 6.07) is 3.92. The summed E-state index contributed by atoms with van der Waals surface area (Å²) in [5.74, 6) is 1.66. The highest BCUT2D eigenvalue weighted by molar-refractivity contribution is 9.16. The molecule has 1 N–H and O–H groups in total. The second-order valence-corrected chi connectivity index (χ2v) is 23.4. The van der Waals surface area contributed by atoms with E-state index < -0.39 is 0 Å². The van der Waals surface area contributed by atoms with Gasteiger partial charge in [-0.25, -0.2) is 33.5 Å². The SMILES string of the molecule is Brc1ccc2c(c1Br)-c1nc-2nc2[nH]c(nc3nc(nc4c5c(Br)c(Br)c(Br)c(Br)c5c(n1)n4Br)-c1c(Br)c(Br)c(Br)c(Br)c1-3)c1c(Br)c(Br)c(Br)c(Br)c21. The first kappa shape index (κ1) is 41.8. The molecule has 0 fully saturated rings. The summed E-state index contributed by atoms with van der Waals surface area (Å²) in [5, 5.41) is 3.00. The number of benzene rings is 4. The second kappa shape index (κ2) is 15.4. The zero-order valence-electron chi connectivity index (χ0n) is 25.5. The van der Waals surface area contributed by atoms with Crippen LogP contribution in [0.3, 0.4) is 0 Å². The molecule has 0 spiro atoms. The largest absolute Gasteiger partial charge is 0.324 e. The third-order valence-electron chi connectivity index (χ3n) is 8.62. The lowest BCUT2D eigenvalue weighted by molar-refractivity contribution is 1.18. The first-order chi connectivity index (χ1) is 26.0. The number of nitrogens with zero attached hydrogens (tertiary/aromatic N) is 7. The molecule has 3 aromatic heterocycles. The molecule has 8 bridgehead atoms. The van der Waals surface area contributed by atoms with Gasteiger partial charge in [-0.05, 0) is 235 Å². The van der Waals surface area contributed by atoms with E-state index in [2.05, 4.69) is 244 Å². The summed E-state index contributed by atoms with van der Waals surface area (Å²) in [5.41, 5.74) is 4.97. The van der Waals surface area contributed by atoms with Crippen molar-refractivity contribution in [2.24, 2.45) is 0 Å². The highest BCUT2D eigenvalue weighted by Crippen LogP contribution is 2.53. The van der Waals surface area contributed by atoms with E-state index in [0.717, 1.165) is 95.3 Å². The molecule has 0 saturated carbocycles. The van der Waals surface area contributed by atoms with Crippen molar-refractivity contribution in [1.29, 1.82) is 0 Å². The smallest absolute Gasteiger partial charge is 0.166 e. The van der Waals surface area contributed by atoms with Crippen LogP contribution in [0.1, 0.15) is 0 Å². The van der Waals surface area contributed by atoms with Crippen molar-refractivity contribution >= 4 is 283 Å². The average Bonchev–Trinajstić information content (AvgIpc) is 3.88. The van der Waals surface area contributed by atoms with E-state index in [-0.39, 0.29) is 0 Å². The molecule has 2 aliphatic heterocycles. The maximum absolute atomic E-state index is 5.30. The Morgan fingerprint density at radius 2 is 0.745 bits per heavy atom. The molecular weight excluding hydrogens is 1690 g/mol. The van der Waals surface area contributed by atoms with E-state index in [1.54, 1.807) is 3.59 Å². The highest BCUT2D eigenvalue weighted by atomic mass is 79.9. The average molecular weight is 1700 g/mol. The van der Waals surface area contributed by atoms with Crippen LogP contribution >= 0.6 is 239 Å². The lowest BCUT2D eigenvalue weighted by Crippen LogP contribution is -1.90. The summed E-state index contributed by atoms with van der Waals surface area (Å²) >= 11 is 57.0. The van der Waals surface area contributed by atoms with Crippen LogP contribution in [0.2, 0.25) is 0 Å². The molecule has 0 atom stereocenters. The molecular formula is C32H3Br15N8. The van der Waals surface area contributed by atoms with Crippen molar-refractivity contribution in [1.82, 2.24) is 38.5 Å². The predicted molar refractivity (Wildman–Crippen MR) is 272 cm³/mol. The number of fused-ring (bicyclic) bond motifs is 20. The molecule has 0 unspecified atom stereocenters. The van der Waals surface area contributed by atoms with E-state index in [4.69, 9.17) is 29.9 Å². The normalized spacial score (nSPS) is 12.3. The van der Waals surface area contributed by atoms with Crippen molar-refractivity contribution in [2.45, 2.75) is 0 Å². The van der Waals surface area contributed by atoms with Crippen LogP contribution in [0.15, 0.2) is 74.8 Å². The standard InChI is InChI=1S/C32H3Br15N8/c33-4-2-1-3-5(12(4)34)26-48-25(3)49-27-6-7(14(36)20(42)19(41)13(6)35)28(50-27)51-29-8-9(16(38)22(44)21(43)15(8)37)30(52-29)54-32-11-10(31(53-26)55(32)47)17(39)23(45)24(46)18(11)40/h1-2H,(H,48,49,50,51,52,53,54). The number of aromatic nitrogens is 8. The van der Waals surface area contributed by atoms with Crippen LogP contribution in [0.4, 0.5) is 0 Å². The Morgan fingerprint density at radius 3 is 1.24 bits per heavy atom. The number of nitrogens with one attached hydrogen (secondary N) is 1. The number of hydrogen-bond donors (Lipinski definition) is 1. The minimum Gasteiger partial charge on any atom is -0.324 e. The molecule has 9 rings (SSSR count). The van der Waals surface area contributed by atoms with Crippen LogP contribution in [-0.4, -0.2) is 38.5 Å². The first-order valence-electron chi connectivity index (χ1n) is 14.6. The van der Waals surface area contributed by atoms with Crippen molar-refractivity contribution < 1.29 is 0 Å². The van der Waals surface area contributed by atoms with Crippen molar-refractivity contribution in [3.05, 3.63) is 74.8 Å². The van der Waals surface area contributed by atoms with Gasteiger partial charge in [0.2, 0.25) is 0 Å². The Bertz CT molecular complexity index is 3180. The Kier molecular flexibility index (Phi) is 11.7. The van der Waals surface area contributed by atoms with Gasteiger partial charge in [0, 0.05) is 106 Å². The van der Waals surface area contributed by atoms with E-state index in [9.17, 15) is 0 Å². The van der Waals surface area contributed by atoms with Gasteiger partial charge in [-0.3, -0.25) is 0 Å². The Labute approximate surface area is 435 Å². The molecule has 2 aliphatic rings. The molecule has 276 valence electrons. The van der Waals surface area contributed by atoms with Crippen LogP contribution in [0, 0.1) is 0 Å². The zero-order valence-corrected chi connectivity index (χ0v) is 49.2. The molecule has 8 nitrogen and oxygen atoms in total. The molecule has 7 aromatic rings. The third-order valence-corrected chi connectivity index (χ3v) is 25.6. The quantitative estimate of drug-likeness (QED) is 0.120. The minimum absolute atomic E-state index is 0.395. The third kappa shape index (κ3) is 6.31. The maximum atomic E-state index is 5.30. The topological polar surface area (TPSA) is 98.1 Å². The summed E-state index contributed by atoms with van der Waals surface area (Å²) < 4.78 is 12.5. The van der Waals surface area contributed by atoms with Crippen LogP contribution in [0.5, 0.6) is 0 Å². The maximum Gasteiger partial charge on any atom is 0.166 e. The fourth-order valence-corrected chi connectivity index (χ4v) is 15.0. The fourth-order valence-electron chi connectivity index (χ4n) is 6.21. The van der Waals surface area contributed by atoms with Crippen LogP contribution in [0.25, 0.3) is 89.7 Å². The van der Waals surface area contributed by atoms with Crippen molar-refractivity contribution in [3.8, 4) is 45.6 Å². The number of H-pyrrole nitrogens is 1. The van der Waals surface area contributed by atoms with Gasteiger partial charge in [0.1, 0.15) is 11.3 Å². The van der Waals surface area contributed by atoms with Gasteiger partial charge in [0.15, 0.2) is 34.6 Å². The molecule has 0 radical (unpaired) electrons. The highest BCUT2D eigenvalue weighted by Gasteiger charge is 2.32. The van der Waals surface area contributed by atoms with Gasteiger partial charge in [-0.15, -0.1) is 0 Å². The van der Waals surface area contributed by atoms with Crippen LogP contribution in [-0.2, 0) is 0 Å². The zero-order chi connectivity index (χ0) is 39.3.